The van der Waals surface area contributed by atoms with Gasteiger partial charge >= 0.3 is 0 Å². The first-order valence-electron chi connectivity index (χ1n) is 6.39. The molecule has 2 N–H and O–H groups in total. The van der Waals surface area contributed by atoms with Gasteiger partial charge in [0.2, 0.25) is 0 Å². The maximum absolute atomic E-state index is 11.4. The Kier molecular flexibility index (Phi) is 3.16. The number of primary amides is 1. The van der Waals surface area contributed by atoms with Crippen LogP contribution in [-0.4, -0.2) is 15.7 Å². The highest BCUT2D eigenvalue weighted by atomic mass is 16.3. The Balaban J connectivity index is 2.06. The average Bonchev–Trinajstić information content (AvgIpc) is 3.16. The SMILES string of the molecule is N#CC1=CC=CC(n2nc(C(N)=O)cc2-c2ccco2)C1. The fourth-order valence-electron chi connectivity index (χ4n) is 2.29. The van der Waals surface area contributed by atoms with Crippen LogP contribution in [0.25, 0.3) is 11.5 Å². The molecule has 6 nitrogen and oxygen atoms in total. The largest absolute Gasteiger partial charge is 0.463 e. The van der Waals surface area contributed by atoms with Crippen LogP contribution in [0.5, 0.6) is 0 Å². The summed E-state index contributed by atoms with van der Waals surface area (Å²) in [7, 11) is 0. The van der Waals surface area contributed by atoms with E-state index in [1.807, 2.05) is 12.2 Å². The zero-order valence-corrected chi connectivity index (χ0v) is 11.1. The van der Waals surface area contributed by atoms with Gasteiger partial charge in [-0.15, -0.1) is 0 Å². The van der Waals surface area contributed by atoms with E-state index >= 15 is 0 Å². The highest BCUT2D eigenvalue weighted by Crippen LogP contribution is 2.29. The van der Waals surface area contributed by atoms with E-state index in [1.165, 1.54) is 0 Å². The lowest BCUT2D eigenvalue weighted by Crippen LogP contribution is -2.15. The summed E-state index contributed by atoms with van der Waals surface area (Å²) in [6.45, 7) is 0. The van der Waals surface area contributed by atoms with Crippen molar-refractivity contribution in [2.75, 3.05) is 0 Å². The van der Waals surface area contributed by atoms with Gasteiger partial charge in [-0.25, -0.2) is 0 Å². The maximum atomic E-state index is 11.4. The minimum atomic E-state index is -0.600. The van der Waals surface area contributed by atoms with E-state index < -0.39 is 5.91 Å². The van der Waals surface area contributed by atoms with Crippen LogP contribution in [0.3, 0.4) is 0 Å². The van der Waals surface area contributed by atoms with Crippen LogP contribution in [0.4, 0.5) is 0 Å². The van der Waals surface area contributed by atoms with Crippen molar-refractivity contribution < 1.29 is 9.21 Å². The lowest BCUT2D eigenvalue weighted by Gasteiger charge is -2.17. The number of carbonyl (C=O) groups excluding carboxylic acids is 1. The number of hydrogen-bond acceptors (Lipinski definition) is 4. The van der Waals surface area contributed by atoms with Gasteiger partial charge in [0.05, 0.1) is 18.4 Å². The fraction of sp³-hybridized carbons (Fsp3) is 0.133. The third-order valence-electron chi connectivity index (χ3n) is 3.28. The van der Waals surface area contributed by atoms with Gasteiger partial charge in [0.15, 0.2) is 11.5 Å². The Morgan fingerprint density at radius 2 is 2.43 bits per heavy atom. The monoisotopic (exact) mass is 280 g/mol. The molecule has 1 amide bonds. The highest BCUT2D eigenvalue weighted by molar-refractivity contribution is 5.91. The molecule has 2 heterocycles. The summed E-state index contributed by atoms with van der Waals surface area (Å²) in [5, 5.41) is 13.3. The Labute approximate surface area is 120 Å². The van der Waals surface area contributed by atoms with Gasteiger partial charge < -0.3 is 10.2 Å². The van der Waals surface area contributed by atoms with E-state index in [4.69, 9.17) is 15.4 Å². The minimum Gasteiger partial charge on any atom is -0.463 e. The van der Waals surface area contributed by atoms with Crippen molar-refractivity contribution >= 4 is 5.91 Å². The van der Waals surface area contributed by atoms with Gasteiger partial charge in [0.1, 0.15) is 5.69 Å². The molecular weight excluding hydrogens is 268 g/mol. The van der Waals surface area contributed by atoms with Crippen LogP contribution >= 0.6 is 0 Å². The highest BCUT2D eigenvalue weighted by Gasteiger charge is 2.22. The molecule has 0 aromatic carbocycles. The van der Waals surface area contributed by atoms with Gasteiger partial charge in [-0.2, -0.15) is 10.4 Å². The number of rotatable bonds is 3. The summed E-state index contributed by atoms with van der Waals surface area (Å²) in [5.74, 6) is -0.00569. The zero-order valence-electron chi connectivity index (χ0n) is 11.1. The van der Waals surface area contributed by atoms with Crippen LogP contribution < -0.4 is 5.73 Å². The molecule has 0 bridgehead atoms. The van der Waals surface area contributed by atoms with Crippen molar-refractivity contribution in [1.82, 2.24) is 9.78 Å². The van der Waals surface area contributed by atoms with Gasteiger partial charge in [0.25, 0.3) is 5.91 Å². The molecule has 2 aromatic rings. The van der Waals surface area contributed by atoms with Crippen molar-refractivity contribution in [3.63, 3.8) is 0 Å². The Morgan fingerprint density at radius 3 is 3.10 bits per heavy atom. The molecule has 1 aliphatic carbocycles. The molecule has 2 aromatic heterocycles. The van der Waals surface area contributed by atoms with Gasteiger partial charge in [-0.1, -0.05) is 12.2 Å². The second kappa shape index (κ2) is 5.13. The first-order chi connectivity index (χ1) is 10.2. The summed E-state index contributed by atoms with van der Waals surface area (Å²) in [6, 6.07) is 7.12. The average molecular weight is 280 g/mol. The number of nitriles is 1. The summed E-state index contributed by atoms with van der Waals surface area (Å²) >= 11 is 0. The molecule has 0 saturated carbocycles. The number of nitrogens with two attached hydrogens (primary N) is 1. The molecule has 1 atom stereocenters. The number of aromatic nitrogens is 2. The summed E-state index contributed by atoms with van der Waals surface area (Å²) < 4.78 is 7.05. The van der Waals surface area contributed by atoms with E-state index in [1.54, 1.807) is 35.2 Å². The molecule has 0 saturated heterocycles. The molecule has 6 heteroatoms. The van der Waals surface area contributed by atoms with E-state index in [-0.39, 0.29) is 11.7 Å². The molecule has 1 unspecified atom stereocenters. The van der Waals surface area contributed by atoms with Crippen molar-refractivity contribution in [3.8, 4) is 17.5 Å². The summed E-state index contributed by atoms with van der Waals surface area (Å²) in [6.07, 6.45) is 7.56. The third-order valence-corrected chi connectivity index (χ3v) is 3.28. The Bertz CT molecular complexity index is 775. The minimum absolute atomic E-state index is 0.155. The van der Waals surface area contributed by atoms with Crippen LogP contribution in [0.1, 0.15) is 23.0 Å². The van der Waals surface area contributed by atoms with Crippen molar-refractivity contribution in [3.05, 3.63) is 54.0 Å². The third kappa shape index (κ3) is 2.37. The predicted molar refractivity (Wildman–Crippen MR) is 74.9 cm³/mol. The molecular formula is C15H12N4O2. The quantitative estimate of drug-likeness (QED) is 0.931. The Morgan fingerprint density at radius 1 is 1.57 bits per heavy atom. The number of furan rings is 1. The van der Waals surface area contributed by atoms with E-state index in [2.05, 4.69) is 11.2 Å². The number of hydrogen-bond donors (Lipinski definition) is 1. The molecule has 3 rings (SSSR count). The molecule has 0 spiro atoms. The molecule has 0 radical (unpaired) electrons. The smallest absolute Gasteiger partial charge is 0.269 e. The standard InChI is InChI=1S/C15H12N4O2/c16-9-10-3-1-4-11(7-10)19-13(14-5-2-6-21-14)8-12(18-19)15(17)20/h1-6,8,11H,7H2,(H2,17,20). The summed E-state index contributed by atoms with van der Waals surface area (Å²) in [5.41, 5.74) is 6.79. The van der Waals surface area contributed by atoms with Crippen LogP contribution in [0.15, 0.2) is 52.7 Å². The predicted octanol–water partition coefficient (Wildman–Crippen LogP) is 2.19. The zero-order chi connectivity index (χ0) is 14.8. The topological polar surface area (TPSA) is 97.8 Å². The molecule has 104 valence electrons. The lowest BCUT2D eigenvalue weighted by molar-refractivity contribution is 0.0994. The van der Waals surface area contributed by atoms with Crippen molar-refractivity contribution in [1.29, 1.82) is 5.26 Å². The number of allylic oxidation sites excluding steroid dienone is 4. The van der Waals surface area contributed by atoms with Gasteiger partial charge in [0, 0.05) is 18.1 Å². The first-order valence-corrected chi connectivity index (χ1v) is 6.39. The fourth-order valence-corrected chi connectivity index (χ4v) is 2.29. The normalized spacial score (nSPS) is 17.3. The molecule has 1 aliphatic rings. The molecule has 0 aliphatic heterocycles. The molecule has 21 heavy (non-hydrogen) atoms. The molecule has 0 fully saturated rings. The summed E-state index contributed by atoms with van der Waals surface area (Å²) in [4.78, 5) is 11.4. The lowest BCUT2D eigenvalue weighted by atomic mass is 10.0. The van der Waals surface area contributed by atoms with E-state index in [9.17, 15) is 4.79 Å². The van der Waals surface area contributed by atoms with Crippen LogP contribution in [0.2, 0.25) is 0 Å². The van der Waals surface area contributed by atoms with E-state index in [0.29, 0.717) is 23.4 Å². The van der Waals surface area contributed by atoms with Gasteiger partial charge in [-0.3, -0.25) is 9.48 Å². The first kappa shape index (κ1) is 12.9. The number of nitrogens with zero attached hydrogens (tertiary/aromatic N) is 3. The van der Waals surface area contributed by atoms with Crippen LogP contribution in [-0.2, 0) is 0 Å². The van der Waals surface area contributed by atoms with E-state index in [0.717, 1.165) is 0 Å². The maximum Gasteiger partial charge on any atom is 0.269 e. The van der Waals surface area contributed by atoms with Gasteiger partial charge in [-0.05, 0) is 18.2 Å². The van der Waals surface area contributed by atoms with Crippen LogP contribution in [0, 0.1) is 11.3 Å². The van der Waals surface area contributed by atoms with Crippen molar-refractivity contribution in [2.24, 2.45) is 5.73 Å². The second-order valence-corrected chi connectivity index (χ2v) is 4.66. The van der Waals surface area contributed by atoms with Crippen molar-refractivity contribution in [2.45, 2.75) is 12.5 Å². The Hall–Kier alpha value is -3.07. The number of amides is 1. The second-order valence-electron chi connectivity index (χ2n) is 4.66. The number of carbonyl (C=O) groups is 1.